The fraction of sp³-hybridized carbons (Fsp3) is 0. The first-order valence-electron chi connectivity index (χ1n) is 6.94. The van der Waals surface area contributed by atoms with Gasteiger partial charge >= 0.3 is 0 Å². The summed E-state index contributed by atoms with van der Waals surface area (Å²) in [4.78, 5) is 11.2. The lowest BCUT2D eigenvalue weighted by molar-refractivity contribution is 0.112. The Labute approximate surface area is 128 Å². The third-order valence-electron chi connectivity index (χ3n) is 3.43. The third-order valence-corrected chi connectivity index (χ3v) is 3.43. The largest absolute Gasteiger partial charge is 0.353 e. The van der Waals surface area contributed by atoms with Gasteiger partial charge in [-0.25, -0.2) is 4.39 Å². The molecule has 0 bridgehead atoms. The number of nitrogens with one attached hydrogen (secondary N) is 1. The number of hydrogen-bond acceptors (Lipinski definition) is 2. The van der Waals surface area contributed by atoms with Gasteiger partial charge in [0.2, 0.25) is 0 Å². The molecule has 0 aromatic heterocycles. The average Bonchev–Trinajstić information content (AvgIpc) is 2.58. The van der Waals surface area contributed by atoms with Gasteiger partial charge in [0.1, 0.15) is 5.82 Å². The van der Waals surface area contributed by atoms with E-state index < -0.39 is 0 Å². The Hall–Kier alpha value is -2.94. The van der Waals surface area contributed by atoms with Crippen LogP contribution in [0.4, 0.5) is 15.8 Å². The van der Waals surface area contributed by atoms with E-state index in [9.17, 15) is 9.18 Å². The lowest BCUT2D eigenvalue weighted by Gasteiger charge is -2.12. The van der Waals surface area contributed by atoms with Crippen molar-refractivity contribution in [3.8, 4) is 11.1 Å². The van der Waals surface area contributed by atoms with Crippen LogP contribution in [0.1, 0.15) is 10.4 Å². The maximum atomic E-state index is 13.8. The molecule has 108 valence electrons. The van der Waals surface area contributed by atoms with Gasteiger partial charge in [0, 0.05) is 11.3 Å². The van der Waals surface area contributed by atoms with E-state index in [1.165, 1.54) is 6.07 Å². The molecule has 0 aliphatic carbocycles. The van der Waals surface area contributed by atoms with Gasteiger partial charge in [-0.15, -0.1) is 0 Å². The highest BCUT2D eigenvalue weighted by atomic mass is 19.1. The van der Waals surface area contributed by atoms with Gasteiger partial charge in [-0.3, -0.25) is 4.79 Å². The van der Waals surface area contributed by atoms with Crippen LogP contribution in [0.15, 0.2) is 72.8 Å². The number of carbonyl (C=O) groups excluding carboxylic acids is 1. The molecule has 3 aromatic carbocycles. The number of para-hydroxylation sites is 1. The zero-order valence-corrected chi connectivity index (χ0v) is 11.8. The summed E-state index contributed by atoms with van der Waals surface area (Å²) in [6, 6.07) is 21.7. The van der Waals surface area contributed by atoms with Crippen molar-refractivity contribution in [1.82, 2.24) is 0 Å². The van der Waals surface area contributed by atoms with Crippen molar-refractivity contribution in [1.29, 1.82) is 0 Å². The molecule has 0 fully saturated rings. The predicted octanol–water partition coefficient (Wildman–Crippen LogP) is 5.05. The second-order valence-corrected chi connectivity index (χ2v) is 4.89. The van der Waals surface area contributed by atoms with Gasteiger partial charge in [0.25, 0.3) is 0 Å². The molecule has 0 heterocycles. The van der Waals surface area contributed by atoms with Crippen LogP contribution in [0.3, 0.4) is 0 Å². The minimum absolute atomic E-state index is 0.343. The molecule has 0 saturated heterocycles. The van der Waals surface area contributed by atoms with E-state index in [0.717, 1.165) is 17.4 Å². The van der Waals surface area contributed by atoms with Crippen molar-refractivity contribution in [2.24, 2.45) is 0 Å². The highest BCUT2D eigenvalue weighted by Crippen LogP contribution is 2.28. The molecule has 0 aliphatic rings. The van der Waals surface area contributed by atoms with Gasteiger partial charge in [-0.05, 0) is 35.4 Å². The Morgan fingerprint density at radius 1 is 0.773 bits per heavy atom. The number of rotatable bonds is 4. The van der Waals surface area contributed by atoms with Crippen LogP contribution in [0.2, 0.25) is 0 Å². The third kappa shape index (κ3) is 2.88. The Bertz CT molecular complexity index is 800. The van der Waals surface area contributed by atoms with Gasteiger partial charge in [-0.2, -0.15) is 0 Å². The SMILES string of the molecule is O=Cc1ccc(-c2ccccc2)cc1Nc1ccccc1F. The topological polar surface area (TPSA) is 29.1 Å². The van der Waals surface area contributed by atoms with E-state index in [1.807, 2.05) is 42.5 Å². The van der Waals surface area contributed by atoms with Crippen molar-refractivity contribution in [3.05, 3.63) is 84.2 Å². The summed E-state index contributed by atoms with van der Waals surface area (Å²) in [6.45, 7) is 0. The lowest BCUT2D eigenvalue weighted by atomic mass is 10.0. The number of benzene rings is 3. The maximum absolute atomic E-state index is 13.8. The summed E-state index contributed by atoms with van der Waals surface area (Å²) in [5.74, 6) is -0.357. The minimum atomic E-state index is -0.357. The number of halogens is 1. The van der Waals surface area contributed by atoms with E-state index >= 15 is 0 Å². The van der Waals surface area contributed by atoms with Gasteiger partial charge in [0.15, 0.2) is 6.29 Å². The molecule has 0 unspecified atom stereocenters. The van der Waals surface area contributed by atoms with Gasteiger partial charge in [0.05, 0.1) is 5.69 Å². The molecule has 2 nitrogen and oxygen atoms in total. The standard InChI is InChI=1S/C19H14FNO/c20-17-8-4-5-9-18(17)21-19-12-15(10-11-16(19)13-22)14-6-2-1-3-7-14/h1-13,21H. The molecule has 3 rings (SSSR count). The number of aldehydes is 1. The normalized spacial score (nSPS) is 10.2. The van der Waals surface area contributed by atoms with Crippen LogP contribution < -0.4 is 5.32 Å². The summed E-state index contributed by atoms with van der Waals surface area (Å²) in [7, 11) is 0. The van der Waals surface area contributed by atoms with Crippen LogP contribution in [0.25, 0.3) is 11.1 Å². The Morgan fingerprint density at radius 2 is 1.50 bits per heavy atom. The van der Waals surface area contributed by atoms with E-state index in [-0.39, 0.29) is 5.82 Å². The van der Waals surface area contributed by atoms with Crippen LogP contribution >= 0.6 is 0 Å². The number of anilines is 2. The monoisotopic (exact) mass is 291 g/mol. The molecule has 1 N–H and O–H groups in total. The molecule has 0 radical (unpaired) electrons. The molecule has 0 amide bonds. The van der Waals surface area contributed by atoms with Crippen LogP contribution in [0, 0.1) is 5.82 Å². The van der Waals surface area contributed by atoms with E-state index in [4.69, 9.17) is 0 Å². The van der Waals surface area contributed by atoms with E-state index in [2.05, 4.69) is 5.32 Å². The Balaban J connectivity index is 2.02. The molecular formula is C19H14FNO. The fourth-order valence-electron chi connectivity index (χ4n) is 2.29. The summed E-state index contributed by atoms with van der Waals surface area (Å²) < 4.78 is 13.8. The van der Waals surface area contributed by atoms with E-state index in [0.29, 0.717) is 16.9 Å². The number of hydrogen-bond donors (Lipinski definition) is 1. The highest BCUT2D eigenvalue weighted by molar-refractivity contribution is 5.88. The molecule has 0 spiro atoms. The fourth-order valence-corrected chi connectivity index (χ4v) is 2.29. The molecule has 0 saturated carbocycles. The quantitative estimate of drug-likeness (QED) is 0.682. The first kappa shape index (κ1) is 14.0. The lowest BCUT2D eigenvalue weighted by Crippen LogP contribution is -1.98. The molecule has 0 aliphatic heterocycles. The second-order valence-electron chi connectivity index (χ2n) is 4.89. The highest BCUT2D eigenvalue weighted by Gasteiger charge is 2.07. The molecule has 3 aromatic rings. The predicted molar refractivity (Wildman–Crippen MR) is 86.9 cm³/mol. The first-order valence-corrected chi connectivity index (χ1v) is 6.94. The van der Waals surface area contributed by atoms with E-state index in [1.54, 1.807) is 24.3 Å². The van der Waals surface area contributed by atoms with Gasteiger partial charge in [-0.1, -0.05) is 48.5 Å². The molecule has 22 heavy (non-hydrogen) atoms. The Kier molecular flexibility index (Phi) is 3.97. The second kappa shape index (κ2) is 6.22. The maximum Gasteiger partial charge on any atom is 0.152 e. The van der Waals surface area contributed by atoms with Crippen molar-refractivity contribution in [2.45, 2.75) is 0 Å². The zero-order valence-electron chi connectivity index (χ0n) is 11.8. The van der Waals surface area contributed by atoms with Crippen LogP contribution in [-0.2, 0) is 0 Å². The number of carbonyl (C=O) groups is 1. The van der Waals surface area contributed by atoms with Crippen LogP contribution in [0.5, 0.6) is 0 Å². The summed E-state index contributed by atoms with van der Waals surface area (Å²) in [5.41, 5.74) is 3.42. The van der Waals surface area contributed by atoms with Crippen molar-refractivity contribution < 1.29 is 9.18 Å². The molecular weight excluding hydrogens is 277 g/mol. The van der Waals surface area contributed by atoms with Crippen molar-refractivity contribution in [2.75, 3.05) is 5.32 Å². The van der Waals surface area contributed by atoms with Crippen LogP contribution in [-0.4, -0.2) is 6.29 Å². The average molecular weight is 291 g/mol. The van der Waals surface area contributed by atoms with Crippen molar-refractivity contribution >= 4 is 17.7 Å². The zero-order chi connectivity index (χ0) is 15.4. The molecule has 3 heteroatoms. The Morgan fingerprint density at radius 3 is 2.23 bits per heavy atom. The smallest absolute Gasteiger partial charge is 0.152 e. The summed E-state index contributed by atoms with van der Waals surface area (Å²) >= 11 is 0. The summed E-state index contributed by atoms with van der Waals surface area (Å²) in [5, 5.41) is 3.00. The molecule has 0 atom stereocenters. The van der Waals surface area contributed by atoms with Gasteiger partial charge < -0.3 is 5.32 Å². The first-order chi connectivity index (χ1) is 10.8. The van der Waals surface area contributed by atoms with Crippen molar-refractivity contribution in [3.63, 3.8) is 0 Å². The minimum Gasteiger partial charge on any atom is -0.353 e. The summed E-state index contributed by atoms with van der Waals surface area (Å²) in [6.07, 6.45) is 0.762.